The molecule has 0 aromatic heterocycles. The van der Waals surface area contributed by atoms with E-state index in [0.29, 0.717) is 5.56 Å². The van der Waals surface area contributed by atoms with Gasteiger partial charge in [0.05, 0.1) is 16.6 Å². The Hall–Kier alpha value is -2.13. The number of hydrogen-bond donors (Lipinski definition) is 1. The molecule has 20 heavy (non-hydrogen) atoms. The van der Waals surface area contributed by atoms with E-state index < -0.39 is 4.92 Å². The highest BCUT2D eigenvalue weighted by Crippen LogP contribution is 2.31. The smallest absolute Gasteiger partial charge is 0.311 e. The Balaban J connectivity index is 2.26. The summed E-state index contributed by atoms with van der Waals surface area (Å²) < 4.78 is 5.76. The second-order valence-electron chi connectivity index (χ2n) is 5.01. The summed E-state index contributed by atoms with van der Waals surface area (Å²) in [5.41, 5.74) is 6.28. The highest BCUT2D eigenvalue weighted by atomic mass is 16.6. The van der Waals surface area contributed by atoms with Gasteiger partial charge in [-0.2, -0.15) is 5.26 Å². The minimum Gasteiger partial charge on any atom is -0.482 e. The number of hydrogen-bond acceptors (Lipinski definition) is 5. The quantitative estimate of drug-likeness (QED) is 0.518. The first-order valence-electron chi connectivity index (χ1n) is 6.72. The molecule has 106 valence electrons. The number of nitrogens with two attached hydrogens (primary N) is 1. The molecule has 0 radical (unpaired) electrons. The van der Waals surface area contributed by atoms with Crippen LogP contribution in [0.25, 0.3) is 0 Å². The summed E-state index contributed by atoms with van der Waals surface area (Å²) in [7, 11) is 0. The van der Waals surface area contributed by atoms with E-state index in [0.717, 1.165) is 32.1 Å². The van der Waals surface area contributed by atoms with Crippen LogP contribution in [-0.2, 0) is 0 Å². The van der Waals surface area contributed by atoms with E-state index in [4.69, 9.17) is 15.7 Å². The van der Waals surface area contributed by atoms with Gasteiger partial charge in [0.15, 0.2) is 5.75 Å². The van der Waals surface area contributed by atoms with E-state index in [-0.39, 0.29) is 23.6 Å². The molecule has 1 fully saturated rings. The highest BCUT2D eigenvalue weighted by Gasteiger charge is 2.25. The van der Waals surface area contributed by atoms with Crippen LogP contribution in [0, 0.1) is 21.4 Å². The van der Waals surface area contributed by atoms with E-state index in [1.54, 1.807) is 0 Å². The van der Waals surface area contributed by atoms with Crippen LogP contribution in [0.15, 0.2) is 18.2 Å². The minimum atomic E-state index is -0.501. The first-order chi connectivity index (χ1) is 9.61. The van der Waals surface area contributed by atoms with Gasteiger partial charge >= 0.3 is 5.69 Å². The highest BCUT2D eigenvalue weighted by molar-refractivity contribution is 5.51. The molecule has 6 nitrogen and oxygen atoms in total. The average Bonchev–Trinajstić information content (AvgIpc) is 2.64. The summed E-state index contributed by atoms with van der Waals surface area (Å²) in [6.45, 7) is 0. The number of nitro groups is 1. The lowest BCUT2D eigenvalue weighted by molar-refractivity contribution is -0.386. The van der Waals surface area contributed by atoms with Crippen molar-refractivity contribution in [2.24, 2.45) is 5.73 Å². The normalized spacial score (nSPS) is 22.6. The predicted octanol–water partition coefficient (Wildman–Crippen LogP) is 2.51. The SMILES string of the molecule is N#Cc1ccc([N+](=O)[O-])c(OC2CCCCCC2N)c1. The minimum absolute atomic E-state index is 0.122. The van der Waals surface area contributed by atoms with Gasteiger partial charge in [-0.25, -0.2) is 0 Å². The molecule has 1 aliphatic rings. The molecule has 0 saturated heterocycles. The third kappa shape index (κ3) is 3.25. The van der Waals surface area contributed by atoms with Gasteiger partial charge in [0, 0.05) is 18.2 Å². The summed E-state index contributed by atoms with van der Waals surface area (Å²) in [6, 6.07) is 5.97. The van der Waals surface area contributed by atoms with Gasteiger partial charge in [-0.05, 0) is 25.3 Å². The van der Waals surface area contributed by atoms with Gasteiger partial charge in [0.1, 0.15) is 6.10 Å². The van der Waals surface area contributed by atoms with Crippen molar-refractivity contribution in [2.75, 3.05) is 0 Å². The second kappa shape index (κ2) is 6.35. The summed E-state index contributed by atoms with van der Waals surface area (Å²) >= 11 is 0. The molecule has 0 amide bonds. The van der Waals surface area contributed by atoms with Crippen molar-refractivity contribution in [3.05, 3.63) is 33.9 Å². The standard InChI is InChI=1S/C14H17N3O3/c15-9-10-6-7-12(17(18)19)14(8-10)20-13-5-3-1-2-4-11(13)16/h6-8,11,13H,1-5,16H2. The third-order valence-corrected chi connectivity index (χ3v) is 3.57. The van der Waals surface area contributed by atoms with E-state index in [9.17, 15) is 10.1 Å². The summed E-state index contributed by atoms with van der Waals surface area (Å²) in [5, 5.41) is 19.9. The van der Waals surface area contributed by atoms with Gasteiger partial charge in [-0.15, -0.1) is 0 Å². The topological polar surface area (TPSA) is 102 Å². The fraction of sp³-hybridized carbons (Fsp3) is 0.500. The van der Waals surface area contributed by atoms with Crippen molar-refractivity contribution in [3.63, 3.8) is 0 Å². The number of nitro benzene ring substituents is 1. The summed E-state index contributed by atoms with van der Waals surface area (Å²) in [6.07, 6.45) is 4.58. The van der Waals surface area contributed by atoms with Gasteiger partial charge in [-0.1, -0.05) is 12.8 Å². The van der Waals surface area contributed by atoms with E-state index >= 15 is 0 Å². The maximum atomic E-state index is 11.0. The van der Waals surface area contributed by atoms with Crippen molar-refractivity contribution in [2.45, 2.75) is 44.2 Å². The number of rotatable bonds is 3. The van der Waals surface area contributed by atoms with Crippen molar-refractivity contribution >= 4 is 5.69 Å². The van der Waals surface area contributed by atoms with Crippen LogP contribution in [-0.4, -0.2) is 17.1 Å². The van der Waals surface area contributed by atoms with Gasteiger partial charge < -0.3 is 10.5 Å². The lowest BCUT2D eigenvalue weighted by atomic mass is 10.1. The predicted molar refractivity (Wildman–Crippen MR) is 73.3 cm³/mol. The molecule has 0 spiro atoms. The number of nitrogens with zero attached hydrogens (tertiary/aromatic N) is 2. The Morgan fingerprint density at radius 2 is 2.10 bits per heavy atom. The van der Waals surface area contributed by atoms with Crippen LogP contribution < -0.4 is 10.5 Å². The lowest BCUT2D eigenvalue weighted by Gasteiger charge is -2.22. The van der Waals surface area contributed by atoms with E-state index in [1.165, 1.54) is 18.2 Å². The average molecular weight is 275 g/mol. The fourth-order valence-corrected chi connectivity index (χ4v) is 2.44. The molecule has 0 bridgehead atoms. The molecule has 2 N–H and O–H groups in total. The first kappa shape index (κ1) is 14.3. The maximum absolute atomic E-state index is 11.0. The molecule has 1 saturated carbocycles. The van der Waals surface area contributed by atoms with Crippen LogP contribution >= 0.6 is 0 Å². The number of benzene rings is 1. The van der Waals surface area contributed by atoms with Crippen LogP contribution in [0.1, 0.15) is 37.7 Å². The summed E-state index contributed by atoms with van der Waals surface area (Å²) in [5.74, 6) is 0.136. The molecule has 1 aromatic rings. The van der Waals surface area contributed by atoms with Gasteiger partial charge in [-0.3, -0.25) is 10.1 Å². The molecule has 0 heterocycles. The Morgan fingerprint density at radius 3 is 2.80 bits per heavy atom. The third-order valence-electron chi connectivity index (χ3n) is 3.57. The molecular weight excluding hydrogens is 258 g/mol. The van der Waals surface area contributed by atoms with Crippen LogP contribution in [0.5, 0.6) is 5.75 Å². The Labute approximate surface area is 117 Å². The Morgan fingerprint density at radius 1 is 1.35 bits per heavy atom. The Kier molecular flexibility index (Phi) is 4.53. The van der Waals surface area contributed by atoms with Crippen molar-refractivity contribution in [1.29, 1.82) is 5.26 Å². The zero-order chi connectivity index (χ0) is 14.5. The largest absolute Gasteiger partial charge is 0.482 e. The first-order valence-corrected chi connectivity index (χ1v) is 6.72. The second-order valence-corrected chi connectivity index (χ2v) is 5.01. The molecule has 2 unspecified atom stereocenters. The van der Waals surface area contributed by atoms with Gasteiger partial charge in [0.25, 0.3) is 0 Å². The van der Waals surface area contributed by atoms with Crippen LogP contribution in [0.3, 0.4) is 0 Å². The van der Waals surface area contributed by atoms with Crippen molar-refractivity contribution in [3.8, 4) is 11.8 Å². The summed E-state index contributed by atoms with van der Waals surface area (Å²) in [4.78, 5) is 10.5. The monoisotopic (exact) mass is 275 g/mol. The molecule has 2 rings (SSSR count). The van der Waals surface area contributed by atoms with E-state index in [1.807, 2.05) is 6.07 Å². The van der Waals surface area contributed by atoms with Gasteiger partial charge in [0.2, 0.25) is 0 Å². The van der Waals surface area contributed by atoms with E-state index in [2.05, 4.69) is 0 Å². The van der Waals surface area contributed by atoms with Crippen LogP contribution in [0.2, 0.25) is 0 Å². The zero-order valence-corrected chi connectivity index (χ0v) is 11.1. The number of nitriles is 1. The molecular formula is C14H17N3O3. The molecule has 0 aliphatic heterocycles. The van der Waals surface area contributed by atoms with Crippen LogP contribution in [0.4, 0.5) is 5.69 Å². The number of ether oxygens (including phenoxy) is 1. The fourth-order valence-electron chi connectivity index (χ4n) is 2.44. The molecule has 1 aromatic carbocycles. The maximum Gasteiger partial charge on any atom is 0.311 e. The molecule has 6 heteroatoms. The lowest BCUT2D eigenvalue weighted by Crippen LogP contribution is -2.38. The van der Waals surface area contributed by atoms with Crippen molar-refractivity contribution < 1.29 is 9.66 Å². The molecule has 1 aliphatic carbocycles. The zero-order valence-electron chi connectivity index (χ0n) is 11.1. The molecule has 2 atom stereocenters. The van der Waals surface area contributed by atoms with Crippen molar-refractivity contribution in [1.82, 2.24) is 0 Å². The Bertz CT molecular complexity index is 539.